The number of nitrogens with one attached hydrogen (secondary N) is 1. The highest BCUT2D eigenvalue weighted by Crippen LogP contribution is 2.61. The van der Waals surface area contributed by atoms with Crippen LogP contribution in [0.25, 0.3) is 11.3 Å². The molecular weight excluding hydrogens is 800 g/mol. The summed E-state index contributed by atoms with van der Waals surface area (Å²) < 4.78 is 0. The number of hydrogen-bond donors (Lipinski definition) is 1. The first-order valence-corrected chi connectivity index (χ1v) is 24.6. The average Bonchev–Trinajstić information content (AvgIpc) is 3.88. The molecule has 1 saturated carbocycles. The third-order valence-corrected chi connectivity index (χ3v) is 16.3. The van der Waals surface area contributed by atoms with E-state index in [4.69, 9.17) is 0 Å². The van der Waals surface area contributed by atoms with Gasteiger partial charge in [0.05, 0.1) is 5.54 Å². The summed E-state index contributed by atoms with van der Waals surface area (Å²) >= 11 is 0. The summed E-state index contributed by atoms with van der Waals surface area (Å²) in [7, 11) is 0. The van der Waals surface area contributed by atoms with Crippen LogP contribution in [0.5, 0.6) is 0 Å². The molecule has 4 aliphatic rings. The summed E-state index contributed by atoms with van der Waals surface area (Å²) in [5.74, 6) is 0. The van der Waals surface area contributed by atoms with E-state index in [1.807, 2.05) is 6.20 Å². The predicted molar refractivity (Wildman–Crippen MR) is 284 cm³/mol. The fraction of sp³-hybridized carbons (Fsp3) is 0.344. The molecule has 5 heteroatoms. The van der Waals surface area contributed by atoms with Crippen LogP contribution in [-0.2, 0) is 21.7 Å². The van der Waals surface area contributed by atoms with Gasteiger partial charge in [0.25, 0.3) is 6.71 Å². The van der Waals surface area contributed by atoms with Crippen LogP contribution in [-0.4, -0.2) is 17.2 Å². The van der Waals surface area contributed by atoms with Crippen LogP contribution in [0.4, 0.5) is 45.5 Å². The molecule has 334 valence electrons. The fourth-order valence-electron chi connectivity index (χ4n) is 12.3. The smallest absolute Gasteiger partial charge is 0.252 e. The van der Waals surface area contributed by atoms with Gasteiger partial charge in [-0.25, -0.2) is 0 Å². The molecule has 66 heavy (non-hydrogen) atoms. The monoisotopic (exact) mass is 867 g/mol. The van der Waals surface area contributed by atoms with E-state index in [9.17, 15) is 0 Å². The summed E-state index contributed by atoms with van der Waals surface area (Å²) in [5.41, 5.74) is 23.3. The van der Waals surface area contributed by atoms with Crippen molar-refractivity contribution in [1.82, 2.24) is 4.98 Å². The minimum absolute atomic E-state index is 0.000992. The lowest BCUT2D eigenvalue weighted by Gasteiger charge is -2.50. The first-order chi connectivity index (χ1) is 31.3. The minimum atomic E-state index is -0.0887. The number of anilines is 8. The largest absolute Gasteiger partial charge is 0.361 e. The van der Waals surface area contributed by atoms with E-state index in [-0.39, 0.29) is 33.9 Å². The second-order valence-electron chi connectivity index (χ2n) is 23.6. The Morgan fingerprint density at radius 1 is 0.515 bits per heavy atom. The van der Waals surface area contributed by atoms with Gasteiger partial charge in [0.2, 0.25) is 0 Å². The van der Waals surface area contributed by atoms with Crippen LogP contribution in [0.3, 0.4) is 0 Å². The van der Waals surface area contributed by atoms with Crippen molar-refractivity contribution in [3.05, 3.63) is 161 Å². The topological polar surface area (TPSA) is 25.5 Å². The molecule has 11 rings (SSSR count). The van der Waals surface area contributed by atoms with E-state index in [1.54, 1.807) is 0 Å². The highest BCUT2D eigenvalue weighted by atomic mass is 15.3. The van der Waals surface area contributed by atoms with Crippen LogP contribution in [0, 0.1) is 6.92 Å². The van der Waals surface area contributed by atoms with Crippen molar-refractivity contribution in [2.75, 3.05) is 14.7 Å². The number of aryl methyl sites for hydroxylation is 1. The maximum Gasteiger partial charge on any atom is 0.252 e. The van der Waals surface area contributed by atoms with Gasteiger partial charge in [0.15, 0.2) is 0 Å². The van der Waals surface area contributed by atoms with Crippen LogP contribution in [0.1, 0.15) is 130 Å². The summed E-state index contributed by atoms with van der Waals surface area (Å²) in [6, 6.07) is 50.1. The van der Waals surface area contributed by atoms with Gasteiger partial charge in [-0.15, -0.1) is 0 Å². The van der Waals surface area contributed by atoms with Gasteiger partial charge in [-0.1, -0.05) is 131 Å². The van der Waals surface area contributed by atoms with E-state index in [0.29, 0.717) is 0 Å². The van der Waals surface area contributed by atoms with Gasteiger partial charge < -0.3 is 19.7 Å². The van der Waals surface area contributed by atoms with Crippen LogP contribution in [0.2, 0.25) is 0 Å². The Kier molecular flexibility index (Phi) is 9.40. The summed E-state index contributed by atoms with van der Waals surface area (Å²) in [4.78, 5) is 11.5. The van der Waals surface area contributed by atoms with Gasteiger partial charge in [0, 0.05) is 62.8 Å². The molecule has 6 aromatic carbocycles. The van der Waals surface area contributed by atoms with Gasteiger partial charge >= 0.3 is 0 Å². The van der Waals surface area contributed by atoms with Crippen LogP contribution >= 0.6 is 0 Å². The first-order valence-electron chi connectivity index (χ1n) is 24.6. The summed E-state index contributed by atoms with van der Waals surface area (Å²) in [5, 5.41) is 0. The molecule has 4 nitrogen and oxygen atoms in total. The highest BCUT2D eigenvalue weighted by Gasteiger charge is 2.58. The molecule has 0 saturated heterocycles. The molecule has 2 unspecified atom stereocenters. The average molecular weight is 867 g/mol. The quantitative estimate of drug-likeness (QED) is 0.178. The predicted octanol–water partition coefficient (Wildman–Crippen LogP) is 14.7. The first kappa shape index (κ1) is 42.7. The molecule has 1 N–H and O–H groups in total. The van der Waals surface area contributed by atoms with E-state index >= 15 is 0 Å². The molecule has 0 spiro atoms. The van der Waals surface area contributed by atoms with Crippen molar-refractivity contribution < 1.29 is 0 Å². The SMILES string of the molecule is Cc1cc2c3c(c1)N(c1cccc(C(C)(C)C)c1)c1cc(C(C)(C)C)ccc1B3c1ccc(N3c4ccc(-c5ccc[nH]5)cc4C4(C)CCCCC34C)cc1N2c1ccc(C(C)(C)C)cc1. The number of rotatable bonds is 4. The Balaban J connectivity index is 1.18. The number of fused-ring (bicyclic) bond motifs is 7. The number of H-pyrrole nitrogens is 1. The summed E-state index contributed by atoms with van der Waals surface area (Å²) in [6.45, 7) is 28.4. The van der Waals surface area contributed by atoms with Gasteiger partial charge in [-0.05, 0) is 172 Å². The zero-order valence-electron chi connectivity index (χ0n) is 41.4. The lowest BCUT2D eigenvalue weighted by atomic mass is 9.33. The van der Waals surface area contributed by atoms with Crippen molar-refractivity contribution in [3.63, 3.8) is 0 Å². The third-order valence-electron chi connectivity index (χ3n) is 16.3. The highest BCUT2D eigenvalue weighted by molar-refractivity contribution is 7.00. The summed E-state index contributed by atoms with van der Waals surface area (Å²) in [6.07, 6.45) is 6.85. The zero-order valence-corrected chi connectivity index (χ0v) is 41.4. The molecule has 0 radical (unpaired) electrons. The van der Waals surface area contributed by atoms with E-state index in [0.717, 1.165) is 6.42 Å². The number of hydrogen-bond acceptors (Lipinski definition) is 3. The van der Waals surface area contributed by atoms with Gasteiger partial charge in [-0.3, -0.25) is 0 Å². The maximum atomic E-state index is 3.49. The van der Waals surface area contributed by atoms with Crippen molar-refractivity contribution in [3.8, 4) is 11.3 Å². The Hall–Kier alpha value is -5.94. The van der Waals surface area contributed by atoms with Crippen molar-refractivity contribution in [2.45, 2.75) is 136 Å². The molecule has 4 heterocycles. The number of aromatic nitrogens is 1. The third kappa shape index (κ3) is 6.39. The second-order valence-corrected chi connectivity index (χ2v) is 23.6. The number of benzene rings is 6. The molecule has 2 atom stereocenters. The molecular formula is C61H67BN4. The van der Waals surface area contributed by atoms with Crippen molar-refractivity contribution >= 4 is 68.6 Å². The standard InChI is InChI=1S/C61H67BN4/c1-39-33-54-56-55(34-39)65(45-18-15-17-42(36-45)58(5,6)7)52-37-43(59(8,9)10)23-27-48(52)62(56)49-28-26-46(38-53(49)64(54)44-24-21-41(22-25-44)57(2,3)4)66-51-29-20-40(50-19-16-32-63-50)35-47(51)60(11)30-13-14-31-61(60,66)12/h15-29,32-38,63H,13-14,30-31H2,1-12H3. The Bertz CT molecular complexity index is 3050. The Labute approximate surface area is 395 Å². The van der Waals surface area contributed by atoms with E-state index in [1.165, 1.54) is 120 Å². The molecule has 3 aliphatic heterocycles. The second kappa shape index (κ2) is 14.5. The van der Waals surface area contributed by atoms with E-state index < -0.39 is 0 Å². The molecule has 7 aromatic rings. The lowest BCUT2D eigenvalue weighted by Crippen LogP contribution is -2.61. The van der Waals surface area contributed by atoms with E-state index in [2.05, 4.69) is 230 Å². The zero-order chi connectivity index (χ0) is 46.3. The molecule has 1 aromatic heterocycles. The number of nitrogens with zero attached hydrogens (tertiary/aromatic N) is 3. The maximum absolute atomic E-state index is 3.49. The van der Waals surface area contributed by atoms with Crippen molar-refractivity contribution in [1.29, 1.82) is 0 Å². The van der Waals surface area contributed by atoms with Gasteiger partial charge in [0.1, 0.15) is 0 Å². The number of aromatic amines is 1. The molecule has 1 fully saturated rings. The minimum Gasteiger partial charge on any atom is -0.361 e. The normalized spacial score (nSPS) is 19.9. The Morgan fingerprint density at radius 3 is 1.79 bits per heavy atom. The lowest BCUT2D eigenvalue weighted by molar-refractivity contribution is 0.195. The molecule has 0 bridgehead atoms. The Morgan fingerprint density at radius 2 is 1.12 bits per heavy atom. The van der Waals surface area contributed by atoms with Crippen LogP contribution in [0.15, 0.2) is 134 Å². The fourth-order valence-corrected chi connectivity index (χ4v) is 12.3. The molecule has 1 aliphatic carbocycles. The van der Waals surface area contributed by atoms with Crippen molar-refractivity contribution in [2.24, 2.45) is 0 Å². The molecule has 0 amide bonds. The van der Waals surface area contributed by atoms with Crippen LogP contribution < -0.4 is 31.1 Å². The van der Waals surface area contributed by atoms with Gasteiger partial charge in [-0.2, -0.15) is 0 Å².